The van der Waals surface area contributed by atoms with Crippen LogP contribution in [0.4, 0.5) is 0 Å². The Morgan fingerprint density at radius 3 is 2.00 bits per heavy atom. The van der Waals surface area contributed by atoms with Crippen LogP contribution in [-0.4, -0.2) is 23.8 Å². The van der Waals surface area contributed by atoms with Crippen molar-refractivity contribution in [1.82, 2.24) is 0 Å². The van der Waals surface area contributed by atoms with Gasteiger partial charge in [0.15, 0.2) is 6.29 Å². The SMILES string of the molecule is CC(C)(Br)C1OCCCCO1. The maximum Gasteiger partial charge on any atom is 0.172 e. The van der Waals surface area contributed by atoms with Crippen molar-refractivity contribution in [2.75, 3.05) is 13.2 Å². The molecule has 0 N–H and O–H groups in total. The Bertz CT molecular complexity index is 112. The first-order valence-electron chi connectivity index (χ1n) is 4.03. The summed E-state index contributed by atoms with van der Waals surface area (Å²) in [5, 5.41) is 0. The molecule has 1 heterocycles. The molecular formula is C8H15BrO2. The van der Waals surface area contributed by atoms with Gasteiger partial charge in [-0.05, 0) is 26.7 Å². The van der Waals surface area contributed by atoms with Crippen LogP contribution in [-0.2, 0) is 9.47 Å². The summed E-state index contributed by atoms with van der Waals surface area (Å²) < 4.78 is 10.9. The summed E-state index contributed by atoms with van der Waals surface area (Å²) in [6.07, 6.45) is 2.13. The number of hydrogen-bond donors (Lipinski definition) is 0. The van der Waals surface area contributed by atoms with Gasteiger partial charge in [-0.15, -0.1) is 0 Å². The fourth-order valence-corrected chi connectivity index (χ4v) is 1.29. The summed E-state index contributed by atoms with van der Waals surface area (Å²) in [6, 6.07) is 0. The molecule has 66 valence electrons. The van der Waals surface area contributed by atoms with Crippen LogP contribution in [0.5, 0.6) is 0 Å². The van der Waals surface area contributed by atoms with E-state index in [2.05, 4.69) is 29.8 Å². The first-order valence-corrected chi connectivity index (χ1v) is 4.82. The molecule has 11 heavy (non-hydrogen) atoms. The Hall–Kier alpha value is 0.400. The van der Waals surface area contributed by atoms with Gasteiger partial charge in [-0.3, -0.25) is 0 Å². The van der Waals surface area contributed by atoms with Gasteiger partial charge in [0.05, 0.1) is 4.32 Å². The maximum atomic E-state index is 5.50. The van der Waals surface area contributed by atoms with Crippen molar-refractivity contribution >= 4 is 15.9 Å². The third kappa shape index (κ3) is 3.09. The zero-order chi connectivity index (χ0) is 8.32. The summed E-state index contributed by atoms with van der Waals surface area (Å²) in [5.74, 6) is 0. The van der Waals surface area contributed by atoms with Gasteiger partial charge >= 0.3 is 0 Å². The quantitative estimate of drug-likeness (QED) is 0.635. The van der Waals surface area contributed by atoms with Gasteiger partial charge in [0.25, 0.3) is 0 Å². The van der Waals surface area contributed by atoms with Crippen molar-refractivity contribution in [2.24, 2.45) is 0 Å². The number of hydrogen-bond acceptors (Lipinski definition) is 2. The van der Waals surface area contributed by atoms with Crippen molar-refractivity contribution in [3.8, 4) is 0 Å². The lowest BCUT2D eigenvalue weighted by Crippen LogP contribution is -2.34. The molecule has 0 amide bonds. The largest absolute Gasteiger partial charge is 0.351 e. The average Bonchev–Trinajstić information content (AvgIpc) is 2.10. The monoisotopic (exact) mass is 222 g/mol. The summed E-state index contributed by atoms with van der Waals surface area (Å²) in [5.41, 5.74) is 0. The third-order valence-electron chi connectivity index (χ3n) is 1.64. The Balaban J connectivity index is 2.43. The van der Waals surface area contributed by atoms with Crippen LogP contribution in [0.25, 0.3) is 0 Å². The molecule has 1 aliphatic rings. The minimum absolute atomic E-state index is 0.0721. The molecule has 0 aromatic rings. The van der Waals surface area contributed by atoms with E-state index in [0.717, 1.165) is 26.1 Å². The van der Waals surface area contributed by atoms with E-state index < -0.39 is 0 Å². The van der Waals surface area contributed by atoms with Crippen molar-refractivity contribution < 1.29 is 9.47 Å². The van der Waals surface area contributed by atoms with Gasteiger partial charge < -0.3 is 9.47 Å². The Morgan fingerprint density at radius 2 is 1.64 bits per heavy atom. The highest BCUT2D eigenvalue weighted by atomic mass is 79.9. The zero-order valence-electron chi connectivity index (χ0n) is 7.10. The number of rotatable bonds is 1. The zero-order valence-corrected chi connectivity index (χ0v) is 8.69. The smallest absolute Gasteiger partial charge is 0.172 e. The van der Waals surface area contributed by atoms with Crippen LogP contribution in [0.2, 0.25) is 0 Å². The van der Waals surface area contributed by atoms with Gasteiger partial charge in [-0.25, -0.2) is 0 Å². The summed E-state index contributed by atoms with van der Waals surface area (Å²) in [6.45, 7) is 5.76. The molecule has 0 unspecified atom stereocenters. The fraction of sp³-hybridized carbons (Fsp3) is 1.00. The van der Waals surface area contributed by atoms with Crippen molar-refractivity contribution in [3.05, 3.63) is 0 Å². The molecule has 1 rings (SSSR count). The van der Waals surface area contributed by atoms with Gasteiger partial charge in [-0.1, -0.05) is 15.9 Å². The van der Waals surface area contributed by atoms with Crippen LogP contribution in [0.1, 0.15) is 26.7 Å². The fourth-order valence-electron chi connectivity index (χ4n) is 1.03. The molecule has 0 aliphatic carbocycles. The number of halogens is 1. The highest BCUT2D eigenvalue weighted by Gasteiger charge is 2.29. The molecule has 2 nitrogen and oxygen atoms in total. The number of alkyl halides is 1. The topological polar surface area (TPSA) is 18.5 Å². The third-order valence-corrected chi connectivity index (χ3v) is 2.01. The lowest BCUT2D eigenvalue weighted by Gasteiger charge is -2.26. The maximum absolute atomic E-state index is 5.50. The molecule has 0 bridgehead atoms. The Morgan fingerprint density at radius 1 is 1.18 bits per heavy atom. The molecule has 0 radical (unpaired) electrons. The second-order valence-corrected chi connectivity index (χ2v) is 5.39. The second kappa shape index (κ2) is 3.87. The summed E-state index contributed by atoms with van der Waals surface area (Å²) >= 11 is 3.52. The van der Waals surface area contributed by atoms with E-state index in [1.165, 1.54) is 0 Å². The van der Waals surface area contributed by atoms with Gasteiger partial charge in [0.1, 0.15) is 0 Å². The Labute approximate surface area is 76.4 Å². The summed E-state index contributed by atoms with van der Waals surface area (Å²) in [7, 11) is 0. The van der Waals surface area contributed by atoms with Crippen molar-refractivity contribution in [2.45, 2.75) is 37.3 Å². The van der Waals surface area contributed by atoms with E-state index >= 15 is 0 Å². The van der Waals surface area contributed by atoms with Crippen LogP contribution in [0.15, 0.2) is 0 Å². The molecule has 1 fully saturated rings. The van der Waals surface area contributed by atoms with E-state index in [1.54, 1.807) is 0 Å². The molecule has 0 aromatic carbocycles. The van der Waals surface area contributed by atoms with Crippen molar-refractivity contribution in [3.63, 3.8) is 0 Å². The number of ether oxygens (including phenoxy) is 2. The standard InChI is InChI=1S/C8H15BrO2/c1-8(2,9)7-10-5-3-4-6-11-7/h7H,3-6H2,1-2H3. The molecule has 0 spiro atoms. The van der Waals surface area contributed by atoms with E-state index in [-0.39, 0.29) is 10.6 Å². The van der Waals surface area contributed by atoms with Crippen LogP contribution >= 0.6 is 15.9 Å². The highest BCUT2D eigenvalue weighted by molar-refractivity contribution is 9.10. The predicted octanol–water partition coefficient (Wildman–Crippen LogP) is 2.31. The lowest BCUT2D eigenvalue weighted by atomic mass is 10.2. The second-order valence-electron chi connectivity index (χ2n) is 3.35. The van der Waals surface area contributed by atoms with Gasteiger partial charge in [0.2, 0.25) is 0 Å². The lowest BCUT2D eigenvalue weighted by molar-refractivity contribution is -0.139. The van der Waals surface area contributed by atoms with Crippen LogP contribution in [0, 0.1) is 0 Å². The van der Waals surface area contributed by atoms with Gasteiger partial charge in [-0.2, -0.15) is 0 Å². The van der Waals surface area contributed by atoms with E-state index in [4.69, 9.17) is 9.47 Å². The van der Waals surface area contributed by atoms with Crippen molar-refractivity contribution in [1.29, 1.82) is 0 Å². The minimum atomic E-state index is -0.0926. The predicted molar refractivity (Wildman–Crippen MR) is 47.9 cm³/mol. The molecule has 1 saturated heterocycles. The molecule has 0 atom stereocenters. The van der Waals surface area contributed by atoms with E-state index in [1.807, 2.05) is 0 Å². The summed E-state index contributed by atoms with van der Waals surface area (Å²) in [4.78, 5) is 0. The molecular weight excluding hydrogens is 208 g/mol. The average molecular weight is 223 g/mol. The minimum Gasteiger partial charge on any atom is -0.351 e. The normalized spacial score (nSPS) is 23.2. The van der Waals surface area contributed by atoms with E-state index in [9.17, 15) is 0 Å². The molecule has 0 saturated carbocycles. The molecule has 1 aliphatic heterocycles. The molecule has 3 heteroatoms. The van der Waals surface area contributed by atoms with E-state index in [0.29, 0.717) is 0 Å². The Kier molecular flexibility index (Phi) is 3.34. The van der Waals surface area contributed by atoms with Gasteiger partial charge in [0, 0.05) is 13.2 Å². The van der Waals surface area contributed by atoms with Crippen LogP contribution in [0.3, 0.4) is 0 Å². The molecule has 0 aromatic heterocycles. The highest BCUT2D eigenvalue weighted by Crippen LogP contribution is 2.26. The van der Waals surface area contributed by atoms with Crippen LogP contribution < -0.4 is 0 Å². The first-order chi connectivity index (χ1) is 5.11. The first kappa shape index (κ1) is 9.49.